The van der Waals surface area contributed by atoms with Gasteiger partial charge < -0.3 is 24.3 Å². The molecule has 186 valence electrons. The second-order valence-corrected chi connectivity index (χ2v) is 8.20. The summed E-state index contributed by atoms with van der Waals surface area (Å²) in [5, 5.41) is 3.31. The van der Waals surface area contributed by atoms with Gasteiger partial charge >= 0.3 is 0 Å². The predicted octanol–water partition coefficient (Wildman–Crippen LogP) is 5.33. The maximum Gasteiger partial charge on any atom is 0.281 e. The monoisotopic (exact) mass is 504 g/mol. The number of thiocarbonyl (C=S) groups is 1. The Balaban J connectivity index is 1.49. The minimum atomic E-state index is -0.256. The van der Waals surface area contributed by atoms with E-state index in [1.54, 1.807) is 25.3 Å². The fourth-order valence-corrected chi connectivity index (χ4v) is 4.07. The molecule has 7 nitrogen and oxygen atoms in total. The number of nitrogens with zero attached hydrogens (tertiary/aromatic N) is 1. The quantitative estimate of drug-likeness (QED) is 0.295. The summed E-state index contributed by atoms with van der Waals surface area (Å²) in [5.41, 5.74) is 2.71. The topological polar surface area (TPSA) is 69.3 Å². The predicted molar refractivity (Wildman–Crippen MR) is 144 cm³/mol. The molecule has 1 aliphatic heterocycles. The van der Waals surface area contributed by atoms with Crippen molar-refractivity contribution in [1.82, 2.24) is 5.32 Å². The minimum absolute atomic E-state index is 0.256. The lowest BCUT2D eigenvalue weighted by atomic mass is 10.1. The van der Waals surface area contributed by atoms with Crippen molar-refractivity contribution in [3.05, 3.63) is 83.6 Å². The molecule has 3 aromatic rings. The minimum Gasteiger partial charge on any atom is -0.495 e. The number of para-hydroxylation sites is 2. The molecule has 0 radical (unpaired) electrons. The van der Waals surface area contributed by atoms with Crippen LogP contribution in [-0.4, -0.2) is 31.3 Å². The van der Waals surface area contributed by atoms with Gasteiger partial charge in [0.15, 0.2) is 16.6 Å². The molecule has 1 N–H and O–H groups in total. The normalized spacial score (nSPS) is 14.1. The van der Waals surface area contributed by atoms with Crippen LogP contribution >= 0.6 is 12.2 Å². The molecule has 1 saturated heterocycles. The summed E-state index contributed by atoms with van der Waals surface area (Å²) in [4.78, 5) is 14.6. The van der Waals surface area contributed by atoms with Crippen LogP contribution in [0, 0.1) is 0 Å². The maximum absolute atomic E-state index is 13.1. The summed E-state index contributed by atoms with van der Waals surface area (Å²) in [7, 11) is 1.56. The van der Waals surface area contributed by atoms with Crippen molar-refractivity contribution >= 4 is 35.0 Å². The number of nitrogens with one attached hydrogen (secondary N) is 1. The van der Waals surface area contributed by atoms with E-state index < -0.39 is 0 Å². The van der Waals surface area contributed by atoms with Crippen LogP contribution in [0.5, 0.6) is 23.0 Å². The highest BCUT2D eigenvalue weighted by atomic mass is 32.1. The molecule has 0 bridgehead atoms. The molecule has 36 heavy (non-hydrogen) atoms. The van der Waals surface area contributed by atoms with Crippen molar-refractivity contribution < 1.29 is 23.7 Å². The fourth-order valence-electron chi connectivity index (χ4n) is 3.78. The Kier molecular flexibility index (Phi) is 8.07. The van der Waals surface area contributed by atoms with Gasteiger partial charge in [-0.1, -0.05) is 30.3 Å². The molecule has 0 saturated carbocycles. The molecule has 8 heteroatoms. The molecule has 0 unspecified atom stereocenters. The Bertz CT molecular complexity index is 1290. The van der Waals surface area contributed by atoms with Gasteiger partial charge in [0.1, 0.15) is 23.8 Å². The molecule has 0 aliphatic carbocycles. The van der Waals surface area contributed by atoms with E-state index in [0.717, 1.165) is 11.1 Å². The van der Waals surface area contributed by atoms with Gasteiger partial charge in [0, 0.05) is 0 Å². The molecule has 4 rings (SSSR count). The highest BCUT2D eigenvalue weighted by Crippen LogP contribution is 2.32. The average molecular weight is 505 g/mol. The van der Waals surface area contributed by atoms with Crippen molar-refractivity contribution in [3.8, 4) is 23.0 Å². The van der Waals surface area contributed by atoms with Crippen LogP contribution in [0.4, 0.5) is 5.69 Å². The molecule has 0 atom stereocenters. The summed E-state index contributed by atoms with van der Waals surface area (Å²) in [6.45, 7) is 5.34. The second-order valence-electron chi connectivity index (χ2n) is 7.81. The van der Waals surface area contributed by atoms with Crippen LogP contribution in [-0.2, 0) is 11.4 Å². The lowest BCUT2D eigenvalue weighted by Crippen LogP contribution is -2.30. The molecule has 1 heterocycles. The molecule has 1 amide bonds. The van der Waals surface area contributed by atoms with Gasteiger partial charge in [-0.3, -0.25) is 4.79 Å². The van der Waals surface area contributed by atoms with E-state index in [-0.39, 0.29) is 5.91 Å². The Morgan fingerprint density at radius 3 is 2.44 bits per heavy atom. The number of ether oxygens (including phenoxy) is 4. The van der Waals surface area contributed by atoms with Gasteiger partial charge in [0.2, 0.25) is 0 Å². The van der Waals surface area contributed by atoms with Crippen molar-refractivity contribution in [2.75, 3.05) is 25.2 Å². The molecular weight excluding hydrogens is 476 g/mol. The lowest BCUT2D eigenvalue weighted by molar-refractivity contribution is -0.113. The van der Waals surface area contributed by atoms with Gasteiger partial charge in [0.25, 0.3) is 5.91 Å². The first-order valence-electron chi connectivity index (χ1n) is 11.7. The number of rotatable bonds is 10. The third-order valence-electron chi connectivity index (χ3n) is 5.39. The number of hydrogen-bond acceptors (Lipinski definition) is 6. The third kappa shape index (κ3) is 5.60. The number of hydrogen-bond donors (Lipinski definition) is 1. The summed E-state index contributed by atoms with van der Waals surface area (Å²) < 4.78 is 22.7. The summed E-state index contributed by atoms with van der Waals surface area (Å²) in [6.07, 6.45) is 1.75. The third-order valence-corrected chi connectivity index (χ3v) is 5.67. The van der Waals surface area contributed by atoms with Crippen LogP contribution in [0.3, 0.4) is 0 Å². The zero-order chi connectivity index (χ0) is 25.5. The largest absolute Gasteiger partial charge is 0.495 e. The van der Waals surface area contributed by atoms with E-state index in [4.69, 9.17) is 31.2 Å². The van der Waals surface area contributed by atoms with Crippen LogP contribution in [0.1, 0.15) is 25.0 Å². The van der Waals surface area contributed by atoms with Crippen LogP contribution < -0.4 is 29.2 Å². The lowest BCUT2D eigenvalue weighted by Gasteiger charge is -2.17. The van der Waals surface area contributed by atoms with Crippen molar-refractivity contribution in [1.29, 1.82) is 0 Å². The number of benzene rings is 3. The molecule has 1 fully saturated rings. The van der Waals surface area contributed by atoms with Crippen molar-refractivity contribution in [2.45, 2.75) is 20.5 Å². The first-order chi connectivity index (χ1) is 17.5. The fraction of sp³-hybridized carbons (Fsp3) is 0.214. The zero-order valence-electron chi connectivity index (χ0n) is 20.4. The molecule has 0 aromatic heterocycles. The van der Waals surface area contributed by atoms with E-state index in [0.29, 0.717) is 59.3 Å². The number of carbonyl (C=O) groups is 1. The Morgan fingerprint density at radius 2 is 1.67 bits per heavy atom. The van der Waals surface area contributed by atoms with Crippen LogP contribution in [0.15, 0.2) is 72.4 Å². The van der Waals surface area contributed by atoms with Gasteiger partial charge in [-0.05, 0) is 79.7 Å². The summed E-state index contributed by atoms with van der Waals surface area (Å²) in [5.74, 6) is 2.39. The van der Waals surface area contributed by atoms with Gasteiger partial charge in [0.05, 0.1) is 26.0 Å². The highest BCUT2D eigenvalue weighted by Gasteiger charge is 2.33. The molecule has 1 aliphatic rings. The molecule has 3 aromatic carbocycles. The Labute approximate surface area is 216 Å². The Hall–Kier alpha value is -4.04. The maximum atomic E-state index is 13.1. The summed E-state index contributed by atoms with van der Waals surface area (Å²) >= 11 is 5.43. The zero-order valence-corrected chi connectivity index (χ0v) is 21.3. The first-order valence-corrected chi connectivity index (χ1v) is 12.1. The van der Waals surface area contributed by atoms with Crippen LogP contribution in [0.2, 0.25) is 0 Å². The van der Waals surface area contributed by atoms with Crippen LogP contribution in [0.25, 0.3) is 6.08 Å². The van der Waals surface area contributed by atoms with E-state index in [2.05, 4.69) is 5.32 Å². The van der Waals surface area contributed by atoms with E-state index in [1.807, 2.05) is 68.4 Å². The number of anilines is 1. The van der Waals surface area contributed by atoms with E-state index in [1.165, 1.54) is 4.90 Å². The number of carbonyl (C=O) groups excluding carboxylic acids is 1. The standard InChI is InChI=1S/C28H28N2O5S/c1-4-33-25-14-13-20(17-26(25)34-5-2)18-35-21-10-8-9-19(15-21)16-22-27(31)30(28(36)29-22)23-11-6-7-12-24(23)32-3/h6-17H,4-5,18H2,1-3H3,(H,29,36)/b22-16+. The smallest absolute Gasteiger partial charge is 0.281 e. The van der Waals surface area contributed by atoms with Crippen molar-refractivity contribution in [3.63, 3.8) is 0 Å². The first kappa shape index (κ1) is 25.1. The SMILES string of the molecule is CCOc1ccc(COc2cccc(/C=C3/NC(=S)N(c4ccccc4OC)C3=O)c2)cc1OCC. The van der Waals surface area contributed by atoms with E-state index in [9.17, 15) is 4.79 Å². The van der Waals surface area contributed by atoms with Gasteiger partial charge in [-0.25, -0.2) is 4.90 Å². The molecular formula is C28H28N2O5S. The van der Waals surface area contributed by atoms with Gasteiger partial charge in [-0.2, -0.15) is 0 Å². The Morgan fingerprint density at radius 1 is 0.889 bits per heavy atom. The molecule has 0 spiro atoms. The average Bonchev–Trinajstić information content (AvgIpc) is 3.16. The summed E-state index contributed by atoms with van der Waals surface area (Å²) in [6, 6.07) is 20.5. The highest BCUT2D eigenvalue weighted by molar-refractivity contribution is 7.80. The number of amides is 1. The van der Waals surface area contributed by atoms with Gasteiger partial charge in [-0.15, -0.1) is 0 Å². The van der Waals surface area contributed by atoms with E-state index >= 15 is 0 Å². The number of methoxy groups -OCH3 is 1. The van der Waals surface area contributed by atoms with Crippen molar-refractivity contribution in [2.24, 2.45) is 0 Å². The second kappa shape index (κ2) is 11.6.